The van der Waals surface area contributed by atoms with Gasteiger partial charge in [0.25, 0.3) is 0 Å². The quantitative estimate of drug-likeness (QED) is 0.630. The zero-order valence-electron chi connectivity index (χ0n) is 13.2. The van der Waals surface area contributed by atoms with Crippen LogP contribution >= 0.6 is 0 Å². The van der Waals surface area contributed by atoms with Crippen LogP contribution < -0.4 is 5.32 Å². The van der Waals surface area contributed by atoms with Gasteiger partial charge in [-0.15, -0.1) is 0 Å². The maximum Gasteiger partial charge on any atom is 0.0700 e. The maximum atomic E-state index is 5.42. The summed E-state index contributed by atoms with van der Waals surface area (Å²) in [6.07, 6.45) is 2.25. The Balaban J connectivity index is 2.01. The van der Waals surface area contributed by atoms with Crippen LogP contribution in [0.5, 0.6) is 0 Å². The van der Waals surface area contributed by atoms with Crippen LogP contribution in [0.1, 0.15) is 43.7 Å². The van der Waals surface area contributed by atoms with E-state index in [1.807, 2.05) is 0 Å². The molecule has 0 unspecified atom stereocenters. The molecule has 114 valence electrons. The monoisotopic (exact) mass is 279 g/mol. The zero-order chi connectivity index (χ0) is 14.6. The molecule has 0 aliphatic carbocycles. The highest BCUT2D eigenvalue weighted by molar-refractivity contribution is 5.24. The molecule has 1 aromatic carbocycles. The number of hydrogen-bond acceptors (Lipinski definition) is 3. The summed E-state index contributed by atoms with van der Waals surface area (Å²) in [7, 11) is 1.70. The summed E-state index contributed by atoms with van der Waals surface area (Å²) in [6.45, 7) is 8.65. The van der Waals surface area contributed by atoms with Gasteiger partial charge in [0.1, 0.15) is 0 Å². The summed E-state index contributed by atoms with van der Waals surface area (Å²) >= 11 is 0. The summed E-state index contributed by atoms with van der Waals surface area (Å²) in [5, 5.41) is 3.47. The van der Waals surface area contributed by atoms with E-state index in [2.05, 4.69) is 43.4 Å². The Morgan fingerprint density at radius 1 is 1.00 bits per heavy atom. The summed E-state index contributed by atoms with van der Waals surface area (Å²) < 4.78 is 10.3. The molecule has 0 atom stereocenters. The molecule has 1 aromatic rings. The maximum absolute atomic E-state index is 5.42. The third-order valence-corrected chi connectivity index (χ3v) is 3.30. The number of methoxy groups -OCH3 is 1. The third kappa shape index (κ3) is 7.63. The van der Waals surface area contributed by atoms with Crippen molar-refractivity contribution in [2.45, 2.75) is 39.2 Å². The standard InChI is InChI=1S/C17H29NO2/c1-15(2)17-8-6-16(7-9-17)14-18-10-4-5-11-20-13-12-19-3/h6-9,15,18H,4-5,10-14H2,1-3H3. The average Bonchev–Trinajstić information content (AvgIpc) is 2.46. The summed E-state index contributed by atoms with van der Waals surface area (Å²) in [5.41, 5.74) is 2.76. The molecule has 0 aromatic heterocycles. The first-order valence-electron chi connectivity index (χ1n) is 7.60. The fraction of sp³-hybridized carbons (Fsp3) is 0.647. The first-order valence-corrected chi connectivity index (χ1v) is 7.60. The number of unbranched alkanes of at least 4 members (excludes halogenated alkanes) is 1. The van der Waals surface area contributed by atoms with E-state index in [9.17, 15) is 0 Å². The minimum atomic E-state index is 0.607. The first kappa shape index (κ1) is 17.2. The molecule has 20 heavy (non-hydrogen) atoms. The van der Waals surface area contributed by atoms with E-state index in [-0.39, 0.29) is 0 Å². The van der Waals surface area contributed by atoms with Crippen LogP contribution in [-0.4, -0.2) is 33.5 Å². The molecule has 0 heterocycles. The Kier molecular flexibility index (Phi) is 9.29. The van der Waals surface area contributed by atoms with E-state index in [4.69, 9.17) is 9.47 Å². The Morgan fingerprint density at radius 2 is 1.75 bits per heavy atom. The lowest BCUT2D eigenvalue weighted by Crippen LogP contribution is -2.15. The minimum absolute atomic E-state index is 0.607. The van der Waals surface area contributed by atoms with Crippen LogP contribution in [0, 0.1) is 0 Å². The van der Waals surface area contributed by atoms with E-state index in [1.165, 1.54) is 11.1 Å². The van der Waals surface area contributed by atoms with Gasteiger partial charge in [-0.25, -0.2) is 0 Å². The normalized spacial score (nSPS) is 11.2. The number of hydrogen-bond donors (Lipinski definition) is 1. The predicted octanol–water partition coefficient (Wildman–Crippen LogP) is 3.34. The fourth-order valence-corrected chi connectivity index (χ4v) is 1.95. The van der Waals surface area contributed by atoms with E-state index in [0.29, 0.717) is 19.1 Å². The van der Waals surface area contributed by atoms with Gasteiger partial charge in [0.05, 0.1) is 13.2 Å². The van der Waals surface area contributed by atoms with E-state index < -0.39 is 0 Å². The van der Waals surface area contributed by atoms with Crippen molar-refractivity contribution in [2.75, 3.05) is 33.5 Å². The molecule has 0 fully saturated rings. The highest BCUT2D eigenvalue weighted by Crippen LogP contribution is 2.14. The number of rotatable bonds is 11. The van der Waals surface area contributed by atoms with Crippen molar-refractivity contribution in [3.63, 3.8) is 0 Å². The lowest BCUT2D eigenvalue weighted by Gasteiger charge is -2.08. The van der Waals surface area contributed by atoms with Gasteiger partial charge < -0.3 is 14.8 Å². The van der Waals surface area contributed by atoms with Crippen molar-refractivity contribution in [1.29, 1.82) is 0 Å². The van der Waals surface area contributed by atoms with Gasteiger partial charge in [-0.1, -0.05) is 38.1 Å². The average molecular weight is 279 g/mol. The van der Waals surface area contributed by atoms with Gasteiger partial charge in [-0.2, -0.15) is 0 Å². The molecule has 0 amide bonds. The summed E-state index contributed by atoms with van der Waals surface area (Å²) in [5.74, 6) is 0.607. The fourth-order valence-electron chi connectivity index (χ4n) is 1.95. The topological polar surface area (TPSA) is 30.5 Å². The first-order chi connectivity index (χ1) is 9.74. The summed E-state index contributed by atoms with van der Waals surface area (Å²) in [4.78, 5) is 0. The van der Waals surface area contributed by atoms with Crippen LogP contribution in [0.4, 0.5) is 0 Å². The number of nitrogens with one attached hydrogen (secondary N) is 1. The molecule has 3 heteroatoms. The van der Waals surface area contributed by atoms with Crippen molar-refractivity contribution in [1.82, 2.24) is 5.32 Å². The van der Waals surface area contributed by atoms with Gasteiger partial charge in [0, 0.05) is 20.3 Å². The van der Waals surface area contributed by atoms with Crippen LogP contribution in [0.25, 0.3) is 0 Å². The number of benzene rings is 1. The second-order valence-corrected chi connectivity index (χ2v) is 5.39. The second-order valence-electron chi connectivity index (χ2n) is 5.39. The molecular weight excluding hydrogens is 250 g/mol. The third-order valence-electron chi connectivity index (χ3n) is 3.30. The van der Waals surface area contributed by atoms with Gasteiger partial charge in [0.2, 0.25) is 0 Å². The van der Waals surface area contributed by atoms with Crippen LogP contribution in [0.3, 0.4) is 0 Å². The Bertz CT molecular complexity index is 335. The summed E-state index contributed by atoms with van der Waals surface area (Å²) in [6, 6.07) is 8.89. The molecule has 0 aliphatic rings. The van der Waals surface area contributed by atoms with Crippen molar-refractivity contribution in [3.05, 3.63) is 35.4 Å². The highest BCUT2D eigenvalue weighted by Gasteiger charge is 1.98. The molecule has 0 saturated heterocycles. The van der Waals surface area contributed by atoms with Crippen molar-refractivity contribution in [2.24, 2.45) is 0 Å². The smallest absolute Gasteiger partial charge is 0.0700 e. The van der Waals surface area contributed by atoms with Gasteiger partial charge >= 0.3 is 0 Å². The highest BCUT2D eigenvalue weighted by atomic mass is 16.5. The Morgan fingerprint density at radius 3 is 2.40 bits per heavy atom. The van der Waals surface area contributed by atoms with Crippen molar-refractivity contribution < 1.29 is 9.47 Å². The molecule has 0 bridgehead atoms. The molecule has 0 saturated carbocycles. The lowest BCUT2D eigenvalue weighted by atomic mass is 10.0. The van der Waals surface area contributed by atoms with Crippen LogP contribution in [0.2, 0.25) is 0 Å². The molecule has 0 radical (unpaired) electrons. The van der Waals surface area contributed by atoms with Gasteiger partial charge in [-0.3, -0.25) is 0 Å². The van der Waals surface area contributed by atoms with Gasteiger partial charge in [0.15, 0.2) is 0 Å². The molecule has 3 nitrogen and oxygen atoms in total. The predicted molar refractivity (Wildman–Crippen MR) is 84.2 cm³/mol. The van der Waals surface area contributed by atoms with E-state index >= 15 is 0 Å². The van der Waals surface area contributed by atoms with E-state index in [1.54, 1.807) is 7.11 Å². The zero-order valence-corrected chi connectivity index (χ0v) is 13.2. The largest absolute Gasteiger partial charge is 0.382 e. The number of ether oxygens (including phenoxy) is 2. The molecule has 0 aliphatic heterocycles. The molecule has 1 N–H and O–H groups in total. The Labute approximate surface area is 123 Å². The second kappa shape index (κ2) is 10.8. The van der Waals surface area contributed by atoms with E-state index in [0.717, 1.165) is 32.5 Å². The van der Waals surface area contributed by atoms with Crippen LogP contribution in [-0.2, 0) is 16.0 Å². The molecule has 1 rings (SSSR count). The lowest BCUT2D eigenvalue weighted by molar-refractivity contribution is 0.0688. The molecular formula is C17H29NO2. The Hall–Kier alpha value is -0.900. The van der Waals surface area contributed by atoms with Crippen LogP contribution in [0.15, 0.2) is 24.3 Å². The SMILES string of the molecule is COCCOCCCCNCc1ccc(C(C)C)cc1. The molecule has 0 spiro atoms. The van der Waals surface area contributed by atoms with Crippen molar-refractivity contribution in [3.8, 4) is 0 Å². The minimum Gasteiger partial charge on any atom is -0.382 e. The van der Waals surface area contributed by atoms with Crippen molar-refractivity contribution >= 4 is 0 Å². The van der Waals surface area contributed by atoms with Gasteiger partial charge in [-0.05, 0) is 36.4 Å².